The van der Waals surface area contributed by atoms with E-state index in [0.29, 0.717) is 26.4 Å². The summed E-state index contributed by atoms with van der Waals surface area (Å²) in [5.74, 6) is 2.07. The molecule has 2 heterocycles. The minimum Gasteiger partial charge on any atom is -0.497 e. The van der Waals surface area contributed by atoms with Crippen molar-refractivity contribution in [2.24, 2.45) is 5.92 Å². The van der Waals surface area contributed by atoms with Gasteiger partial charge in [0.15, 0.2) is 0 Å². The number of benzene rings is 1. The maximum Gasteiger partial charge on any atom is 0.227 e. The van der Waals surface area contributed by atoms with Crippen LogP contribution >= 0.6 is 0 Å². The highest BCUT2D eigenvalue weighted by atomic mass is 16.5. The number of nitrogens with zero attached hydrogens (tertiary/aromatic N) is 1. The van der Waals surface area contributed by atoms with E-state index >= 15 is 0 Å². The summed E-state index contributed by atoms with van der Waals surface area (Å²) in [7, 11) is 1.67. The molecule has 0 N–H and O–H groups in total. The normalized spacial score (nSPS) is 32.2. The topological polar surface area (TPSA) is 48.0 Å². The molecule has 1 aliphatic carbocycles. The van der Waals surface area contributed by atoms with Crippen LogP contribution in [0.1, 0.15) is 25.3 Å². The fourth-order valence-electron chi connectivity index (χ4n) is 4.09. The van der Waals surface area contributed by atoms with Crippen LogP contribution in [-0.4, -0.2) is 50.3 Å². The van der Waals surface area contributed by atoms with E-state index in [9.17, 15) is 4.79 Å². The van der Waals surface area contributed by atoms with Crippen molar-refractivity contribution in [2.75, 3.05) is 33.5 Å². The molecule has 3 aliphatic rings. The summed E-state index contributed by atoms with van der Waals surface area (Å²) in [5, 5.41) is 0. The SMILES string of the molecule is COc1ccc2c(c1)[C@@]1(CCO2)C[C@@H]1C(=O)N1CCOCC1C. The lowest BCUT2D eigenvalue weighted by Gasteiger charge is -2.35. The van der Waals surface area contributed by atoms with Gasteiger partial charge in [0.2, 0.25) is 5.91 Å². The molecule has 5 heteroatoms. The predicted octanol–water partition coefficient (Wildman–Crippen LogP) is 1.98. The zero-order valence-corrected chi connectivity index (χ0v) is 13.7. The van der Waals surface area contributed by atoms with Crippen LogP contribution < -0.4 is 9.47 Å². The van der Waals surface area contributed by atoms with Crippen molar-refractivity contribution in [2.45, 2.75) is 31.2 Å². The molecule has 1 amide bonds. The van der Waals surface area contributed by atoms with Gasteiger partial charge in [-0.05, 0) is 38.0 Å². The molecule has 1 unspecified atom stereocenters. The van der Waals surface area contributed by atoms with Gasteiger partial charge in [-0.25, -0.2) is 0 Å². The van der Waals surface area contributed by atoms with Gasteiger partial charge in [0.25, 0.3) is 0 Å². The number of fused-ring (bicyclic) bond motifs is 2. The van der Waals surface area contributed by atoms with Crippen LogP contribution in [0.15, 0.2) is 18.2 Å². The summed E-state index contributed by atoms with van der Waals surface area (Å²) in [6.07, 6.45) is 1.82. The molecule has 5 nitrogen and oxygen atoms in total. The van der Waals surface area contributed by atoms with Gasteiger partial charge in [-0.15, -0.1) is 0 Å². The van der Waals surface area contributed by atoms with E-state index in [2.05, 4.69) is 6.92 Å². The number of carbonyl (C=O) groups is 1. The first kappa shape index (κ1) is 14.8. The number of morpholine rings is 1. The molecule has 1 saturated heterocycles. The lowest BCUT2D eigenvalue weighted by Crippen LogP contribution is -2.48. The number of methoxy groups -OCH3 is 1. The third-order valence-electron chi connectivity index (χ3n) is 5.55. The maximum absolute atomic E-state index is 13.0. The van der Waals surface area contributed by atoms with E-state index < -0.39 is 0 Å². The summed E-state index contributed by atoms with van der Waals surface area (Å²) in [6.45, 7) is 4.73. The van der Waals surface area contributed by atoms with Crippen molar-refractivity contribution in [3.05, 3.63) is 23.8 Å². The van der Waals surface area contributed by atoms with Crippen LogP contribution in [0.3, 0.4) is 0 Å². The molecule has 0 bridgehead atoms. The summed E-state index contributed by atoms with van der Waals surface area (Å²) >= 11 is 0. The Morgan fingerprint density at radius 3 is 3.04 bits per heavy atom. The Bertz CT molecular complexity index is 631. The van der Waals surface area contributed by atoms with Gasteiger partial charge in [0, 0.05) is 23.4 Å². The second-order valence-corrected chi connectivity index (χ2v) is 6.83. The van der Waals surface area contributed by atoms with E-state index in [4.69, 9.17) is 14.2 Å². The highest BCUT2D eigenvalue weighted by Gasteiger charge is 2.62. The molecule has 0 radical (unpaired) electrons. The standard InChI is InChI=1S/C18H23NO4/c1-12-11-22-8-6-19(12)17(20)15-10-18(15)5-7-23-16-4-3-13(21-2)9-14(16)18/h3-4,9,12,15H,5-8,10-11H2,1-2H3/t12?,15-,18-/m1/s1. The Labute approximate surface area is 136 Å². The quantitative estimate of drug-likeness (QED) is 0.837. The van der Waals surface area contributed by atoms with E-state index in [1.807, 2.05) is 23.1 Å². The van der Waals surface area contributed by atoms with Crippen LogP contribution in [0.25, 0.3) is 0 Å². The first-order valence-corrected chi connectivity index (χ1v) is 8.35. The van der Waals surface area contributed by atoms with Gasteiger partial charge in [0.05, 0.1) is 33.0 Å². The van der Waals surface area contributed by atoms with Crippen molar-refractivity contribution in [3.63, 3.8) is 0 Å². The largest absolute Gasteiger partial charge is 0.497 e. The third kappa shape index (κ3) is 2.29. The molecule has 2 fully saturated rings. The van der Waals surface area contributed by atoms with Crippen LogP contribution in [0.2, 0.25) is 0 Å². The number of hydrogen-bond donors (Lipinski definition) is 0. The average molecular weight is 317 g/mol. The van der Waals surface area contributed by atoms with Crippen LogP contribution in [0.4, 0.5) is 0 Å². The molecular formula is C18H23NO4. The molecule has 124 valence electrons. The number of rotatable bonds is 2. The molecule has 0 aromatic heterocycles. The van der Waals surface area contributed by atoms with Gasteiger partial charge in [-0.2, -0.15) is 0 Å². The summed E-state index contributed by atoms with van der Waals surface area (Å²) in [5.41, 5.74) is 1.08. The fourth-order valence-corrected chi connectivity index (χ4v) is 4.09. The zero-order chi connectivity index (χ0) is 16.0. The molecule has 1 aromatic rings. The van der Waals surface area contributed by atoms with Crippen LogP contribution in [0.5, 0.6) is 11.5 Å². The van der Waals surface area contributed by atoms with E-state index in [-0.39, 0.29) is 23.3 Å². The Morgan fingerprint density at radius 1 is 1.39 bits per heavy atom. The number of hydrogen-bond acceptors (Lipinski definition) is 4. The summed E-state index contributed by atoms with van der Waals surface area (Å²) < 4.78 is 16.6. The lowest BCUT2D eigenvalue weighted by molar-refractivity contribution is -0.141. The Hall–Kier alpha value is -1.75. The molecule has 1 saturated carbocycles. The Balaban J connectivity index is 1.61. The average Bonchev–Trinajstić information content (AvgIpc) is 3.29. The van der Waals surface area contributed by atoms with Crippen molar-refractivity contribution in [1.82, 2.24) is 4.90 Å². The number of amides is 1. The molecule has 1 aromatic carbocycles. The van der Waals surface area contributed by atoms with Crippen molar-refractivity contribution >= 4 is 5.91 Å². The van der Waals surface area contributed by atoms with Gasteiger partial charge in [-0.3, -0.25) is 4.79 Å². The second kappa shape index (κ2) is 5.41. The van der Waals surface area contributed by atoms with Crippen molar-refractivity contribution in [3.8, 4) is 11.5 Å². The van der Waals surface area contributed by atoms with Crippen LogP contribution in [-0.2, 0) is 14.9 Å². The smallest absolute Gasteiger partial charge is 0.227 e. The summed E-state index contributed by atoms with van der Waals surface area (Å²) in [4.78, 5) is 15.0. The molecular weight excluding hydrogens is 294 g/mol. The predicted molar refractivity (Wildman–Crippen MR) is 84.9 cm³/mol. The molecule has 3 atom stereocenters. The third-order valence-corrected chi connectivity index (χ3v) is 5.55. The monoisotopic (exact) mass is 317 g/mol. The van der Waals surface area contributed by atoms with Gasteiger partial charge in [-0.1, -0.05) is 0 Å². The maximum atomic E-state index is 13.0. The van der Waals surface area contributed by atoms with Gasteiger partial charge < -0.3 is 19.1 Å². The highest BCUT2D eigenvalue weighted by molar-refractivity contribution is 5.85. The van der Waals surface area contributed by atoms with Gasteiger partial charge >= 0.3 is 0 Å². The molecule has 2 aliphatic heterocycles. The van der Waals surface area contributed by atoms with E-state index in [1.165, 1.54) is 0 Å². The second-order valence-electron chi connectivity index (χ2n) is 6.83. The van der Waals surface area contributed by atoms with Gasteiger partial charge in [0.1, 0.15) is 11.5 Å². The molecule has 4 rings (SSSR count). The number of ether oxygens (including phenoxy) is 3. The first-order valence-electron chi connectivity index (χ1n) is 8.35. The molecule has 1 spiro atoms. The lowest BCUT2D eigenvalue weighted by atomic mass is 9.87. The van der Waals surface area contributed by atoms with Crippen LogP contribution in [0, 0.1) is 5.92 Å². The number of carbonyl (C=O) groups excluding carboxylic acids is 1. The minimum absolute atomic E-state index is 0.0583. The summed E-state index contributed by atoms with van der Waals surface area (Å²) in [6, 6.07) is 6.09. The Kier molecular flexibility index (Phi) is 3.48. The Morgan fingerprint density at radius 2 is 2.26 bits per heavy atom. The first-order chi connectivity index (χ1) is 11.2. The minimum atomic E-state index is -0.0583. The highest BCUT2D eigenvalue weighted by Crippen LogP contribution is 2.61. The molecule has 23 heavy (non-hydrogen) atoms. The zero-order valence-electron chi connectivity index (χ0n) is 13.7. The van der Waals surface area contributed by atoms with E-state index in [1.54, 1.807) is 7.11 Å². The van der Waals surface area contributed by atoms with Crippen molar-refractivity contribution in [1.29, 1.82) is 0 Å². The van der Waals surface area contributed by atoms with Crippen molar-refractivity contribution < 1.29 is 19.0 Å². The fraction of sp³-hybridized carbons (Fsp3) is 0.611. The van der Waals surface area contributed by atoms with E-state index in [0.717, 1.165) is 29.9 Å².